The summed E-state index contributed by atoms with van der Waals surface area (Å²) in [7, 11) is 4.58. The lowest BCUT2D eigenvalue weighted by Gasteiger charge is -2.10. The molecule has 2 rings (SSSR count). The summed E-state index contributed by atoms with van der Waals surface area (Å²) in [4.78, 5) is 11.6. The molecular formula is C16H22N2O4. The molecule has 0 unspecified atom stereocenters. The van der Waals surface area contributed by atoms with Crippen LogP contribution in [0.5, 0.6) is 11.5 Å². The summed E-state index contributed by atoms with van der Waals surface area (Å²) in [5, 5.41) is 0.958. The van der Waals surface area contributed by atoms with E-state index in [1.54, 1.807) is 14.2 Å². The van der Waals surface area contributed by atoms with Crippen molar-refractivity contribution in [1.82, 2.24) is 4.57 Å². The second-order valence-corrected chi connectivity index (χ2v) is 4.97. The average molecular weight is 306 g/mol. The number of aromatic nitrogens is 1. The fourth-order valence-corrected chi connectivity index (χ4v) is 2.51. The van der Waals surface area contributed by atoms with Gasteiger partial charge in [0.15, 0.2) is 11.5 Å². The fourth-order valence-electron chi connectivity index (χ4n) is 2.51. The minimum Gasteiger partial charge on any atom is -0.493 e. The molecule has 0 saturated heterocycles. The predicted molar refractivity (Wildman–Crippen MR) is 84.4 cm³/mol. The molecule has 0 atom stereocenters. The smallest absolute Gasteiger partial charge is 0.310 e. The van der Waals surface area contributed by atoms with Crippen LogP contribution in [0.2, 0.25) is 0 Å². The Bertz CT molecular complexity index is 664. The molecular weight excluding hydrogens is 284 g/mol. The lowest BCUT2D eigenvalue weighted by Crippen LogP contribution is -2.05. The molecule has 0 bridgehead atoms. The number of esters is 1. The summed E-state index contributed by atoms with van der Waals surface area (Å²) in [6.07, 6.45) is 3.05. The normalized spacial score (nSPS) is 10.7. The van der Waals surface area contributed by atoms with Crippen molar-refractivity contribution < 1.29 is 19.0 Å². The van der Waals surface area contributed by atoms with Crippen molar-refractivity contribution in [3.05, 3.63) is 23.9 Å². The van der Waals surface area contributed by atoms with Crippen molar-refractivity contribution in [1.29, 1.82) is 0 Å². The molecule has 6 heteroatoms. The molecule has 0 fully saturated rings. The highest BCUT2D eigenvalue weighted by Gasteiger charge is 2.16. The standard InChI is InChI=1S/C16H22N2O4/c1-20-14-8-12-11(7-16(19)22-3)10-18(6-4-5-17)13(12)9-15(14)21-2/h8-10H,4-7,17H2,1-3H3. The van der Waals surface area contributed by atoms with Gasteiger partial charge < -0.3 is 24.5 Å². The number of nitrogens with two attached hydrogens (primary N) is 1. The van der Waals surface area contributed by atoms with Gasteiger partial charge in [0.2, 0.25) is 0 Å². The van der Waals surface area contributed by atoms with Crippen LogP contribution in [0.3, 0.4) is 0 Å². The monoisotopic (exact) mass is 306 g/mol. The molecule has 0 amide bonds. The van der Waals surface area contributed by atoms with Gasteiger partial charge in [-0.1, -0.05) is 0 Å². The molecule has 120 valence electrons. The Kier molecular flexibility index (Phi) is 5.27. The van der Waals surface area contributed by atoms with Crippen LogP contribution < -0.4 is 15.2 Å². The number of ether oxygens (including phenoxy) is 3. The van der Waals surface area contributed by atoms with Gasteiger partial charge in [-0.25, -0.2) is 0 Å². The van der Waals surface area contributed by atoms with Gasteiger partial charge in [-0.05, 0) is 24.6 Å². The third kappa shape index (κ3) is 3.17. The maximum absolute atomic E-state index is 11.6. The summed E-state index contributed by atoms with van der Waals surface area (Å²) >= 11 is 0. The van der Waals surface area contributed by atoms with E-state index in [1.807, 2.05) is 18.3 Å². The van der Waals surface area contributed by atoms with Crippen molar-refractivity contribution in [2.75, 3.05) is 27.9 Å². The fraction of sp³-hybridized carbons (Fsp3) is 0.438. The van der Waals surface area contributed by atoms with Gasteiger partial charge in [0.05, 0.1) is 33.3 Å². The molecule has 22 heavy (non-hydrogen) atoms. The Morgan fingerprint density at radius 3 is 2.45 bits per heavy atom. The molecule has 0 aliphatic carbocycles. The minimum atomic E-state index is -0.271. The Balaban J connectivity index is 2.56. The van der Waals surface area contributed by atoms with E-state index in [9.17, 15) is 4.79 Å². The molecule has 1 aromatic heterocycles. The average Bonchev–Trinajstić information content (AvgIpc) is 2.88. The number of carbonyl (C=O) groups excluding carboxylic acids is 1. The summed E-state index contributed by atoms with van der Waals surface area (Å²) in [5.74, 6) is 1.03. The van der Waals surface area contributed by atoms with Gasteiger partial charge in [0, 0.05) is 24.2 Å². The van der Waals surface area contributed by atoms with Crippen LogP contribution in [0.4, 0.5) is 0 Å². The second kappa shape index (κ2) is 7.17. The largest absolute Gasteiger partial charge is 0.493 e. The van der Waals surface area contributed by atoms with Crippen molar-refractivity contribution in [3.63, 3.8) is 0 Å². The summed E-state index contributed by atoms with van der Waals surface area (Å²) in [6.45, 7) is 1.39. The van der Waals surface area contributed by atoms with Crippen molar-refractivity contribution >= 4 is 16.9 Å². The first-order valence-corrected chi connectivity index (χ1v) is 7.15. The Labute approximate surface area is 129 Å². The Hall–Kier alpha value is -2.21. The van der Waals surface area contributed by atoms with Gasteiger partial charge in [0.1, 0.15) is 0 Å². The number of rotatable bonds is 7. The first-order valence-electron chi connectivity index (χ1n) is 7.15. The molecule has 0 saturated carbocycles. The molecule has 2 N–H and O–H groups in total. The van der Waals surface area contributed by atoms with Crippen LogP contribution in [0.15, 0.2) is 18.3 Å². The third-order valence-corrected chi connectivity index (χ3v) is 3.63. The zero-order valence-corrected chi connectivity index (χ0v) is 13.2. The molecule has 0 aliphatic rings. The maximum atomic E-state index is 11.6. The lowest BCUT2D eigenvalue weighted by atomic mass is 10.1. The minimum absolute atomic E-state index is 0.220. The highest BCUT2D eigenvalue weighted by molar-refractivity contribution is 5.90. The molecule has 0 spiro atoms. The van der Waals surface area contributed by atoms with Crippen molar-refractivity contribution in [2.24, 2.45) is 5.73 Å². The molecule has 0 radical (unpaired) electrons. The molecule has 2 aromatic rings. The second-order valence-electron chi connectivity index (χ2n) is 4.97. The summed E-state index contributed by atoms with van der Waals surface area (Å²) < 4.78 is 17.6. The van der Waals surface area contributed by atoms with Gasteiger partial charge in [0.25, 0.3) is 0 Å². The quantitative estimate of drug-likeness (QED) is 0.788. The van der Waals surface area contributed by atoms with E-state index in [2.05, 4.69) is 4.57 Å². The number of hydrogen-bond donors (Lipinski definition) is 1. The SMILES string of the molecule is COC(=O)Cc1cn(CCCN)c2cc(OC)c(OC)cc12. The maximum Gasteiger partial charge on any atom is 0.310 e. The zero-order chi connectivity index (χ0) is 16.1. The molecule has 6 nitrogen and oxygen atoms in total. The van der Waals surface area contributed by atoms with Gasteiger partial charge in [-0.2, -0.15) is 0 Å². The Morgan fingerprint density at radius 1 is 1.18 bits per heavy atom. The highest BCUT2D eigenvalue weighted by Crippen LogP contribution is 2.35. The van der Waals surface area contributed by atoms with Crippen LogP contribution in [0.25, 0.3) is 10.9 Å². The molecule has 0 aliphatic heterocycles. The van der Waals surface area contributed by atoms with Crippen LogP contribution in [-0.2, 0) is 22.5 Å². The van der Waals surface area contributed by atoms with Crippen LogP contribution in [-0.4, -0.2) is 38.4 Å². The number of fused-ring (bicyclic) bond motifs is 1. The topological polar surface area (TPSA) is 75.7 Å². The highest BCUT2D eigenvalue weighted by atomic mass is 16.5. The van der Waals surface area contributed by atoms with Crippen molar-refractivity contribution in [3.8, 4) is 11.5 Å². The number of aryl methyl sites for hydroxylation is 1. The van der Waals surface area contributed by atoms with Crippen LogP contribution >= 0.6 is 0 Å². The van der Waals surface area contributed by atoms with Gasteiger partial charge in [-0.3, -0.25) is 4.79 Å². The van der Waals surface area contributed by atoms with E-state index in [4.69, 9.17) is 19.9 Å². The van der Waals surface area contributed by atoms with E-state index >= 15 is 0 Å². The molecule has 1 heterocycles. The number of nitrogens with zero attached hydrogens (tertiary/aromatic N) is 1. The number of methoxy groups -OCH3 is 3. The van der Waals surface area contributed by atoms with E-state index in [-0.39, 0.29) is 12.4 Å². The van der Waals surface area contributed by atoms with Crippen molar-refractivity contribution in [2.45, 2.75) is 19.4 Å². The van der Waals surface area contributed by atoms with Crippen LogP contribution in [0, 0.1) is 0 Å². The lowest BCUT2D eigenvalue weighted by molar-refractivity contribution is -0.139. The van der Waals surface area contributed by atoms with Gasteiger partial charge in [-0.15, -0.1) is 0 Å². The van der Waals surface area contributed by atoms with E-state index < -0.39 is 0 Å². The number of hydrogen-bond acceptors (Lipinski definition) is 5. The summed E-state index contributed by atoms with van der Waals surface area (Å²) in [6, 6.07) is 3.82. The number of carbonyl (C=O) groups is 1. The van der Waals surface area contributed by atoms with Gasteiger partial charge >= 0.3 is 5.97 Å². The zero-order valence-electron chi connectivity index (χ0n) is 13.2. The predicted octanol–water partition coefficient (Wildman–Crippen LogP) is 1.72. The first kappa shape index (κ1) is 16.2. The van der Waals surface area contributed by atoms with E-state index in [1.165, 1.54) is 7.11 Å². The summed E-state index contributed by atoms with van der Waals surface area (Å²) in [5.41, 5.74) is 7.49. The Morgan fingerprint density at radius 2 is 1.86 bits per heavy atom. The first-order chi connectivity index (χ1) is 10.6. The van der Waals surface area contributed by atoms with Crippen LogP contribution in [0.1, 0.15) is 12.0 Å². The van der Waals surface area contributed by atoms with E-state index in [0.717, 1.165) is 29.4 Å². The third-order valence-electron chi connectivity index (χ3n) is 3.63. The van der Waals surface area contributed by atoms with E-state index in [0.29, 0.717) is 18.0 Å². The number of benzene rings is 1. The molecule has 1 aromatic carbocycles.